The van der Waals surface area contributed by atoms with E-state index in [1.54, 1.807) is 11.8 Å². The Morgan fingerprint density at radius 2 is 1.85 bits per heavy atom. The fourth-order valence-electron chi connectivity index (χ4n) is 3.12. The number of rotatable bonds is 6. The number of aryl methyl sites for hydroxylation is 1. The molecule has 1 atom stereocenters. The predicted octanol–water partition coefficient (Wildman–Crippen LogP) is 2.43. The Morgan fingerprint density at radius 1 is 1.23 bits per heavy atom. The lowest BCUT2D eigenvalue weighted by Gasteiger charge is -2.33. The Hall–Kier alpha value is -1.60. The summed E-state index contributed by atoms with van der Waals surface area (Å²) in [6.45, 7) is 9.05. The van der Waals surface area contributed by atoms with Crippen molar-refractivity contribution in [2.24, 2.45) is 0 Å². The first-order chi connectivity index (χ1) is 12.1. The van der Waals surface area contributed by atoms with Gasteiger partial charge in [0.15, 0.2) is 6.10 Å². The molecule has 146 valence electrons. The van der Waals surface area contributed by atoms with E-state index >= 15 is 0 Å². The summed E-state index contributed by atoms with van der Waals surface area (Å²) in [4.78, 5) is 14.4. The molecule has 0 aliphatic carbocycles. The summed E-state index contributed by atoms with van der Waals surface area (Å²) in [5, 5.41) is 0. The first-order valence-electron chi connectivity index (χ1n) is 9.10. The molecule has 1 aliphatic rings. The van der Waals surface area contributed by atoms with Gasteiger partial charge in [0.2, 0.25) is 10.0 Å². The lowest BCUT2D eigenvalue weighted by Crippen LogP contribution is -2.49. The molecule has 1 amide bonds. The third kappa shape index (κ3) is 5.71. The van der Waals surface area contributed by atoms with Gasteiger partial charge in [-0.05, 0) is 49.8 Å². The van der Waals surface area contributed by atoms with Crippen molar-refractivity contribution in [1.29, 1.82) is 0 Å². The normalized spacial score (nSPS) is 17.4. The molecule has 2 rings (SSSR count). The van der Waals surface area contributed by atoms with Crippen molar-refractivity contribution in [3.63, 3.8) is 0 Å². The van der Waals surface area contributed by atoms with Gasteiger partial charge in [-0.25, -0.2) is 13.1 Å². The van der Waals surface area contributed by atoms with E-state index in [0.717, 1.165) is 17.6 Å². The lowest BCUT2D eigenvalue weighted by molar-refractivity contribution is -0.139. The molecule has 1 saturated heterocycles. The van der Waals surface area contributed by atoms with Gasteiger partial charge in [-0.3, -0.25) is 4.79 Å². The quantitative estimate of drug-likeness (QED) is 0.820. The maximum atomic E-state index is 12.7. The number of carbonyl (C=O) groups excluding carboxylic acids is 1. The monoisotopic (exact) mass is 382 g/mol. The standard InChI is InChI=1S/C19H30N2O4S/c1-13(2)16-7-6-14(3)18(12-16)25-15(4)19(22)21-10-8-17(9-11-21)20-26(5,23)24/h6-7,12-13,15,17,20H,8-11H2,1-5H3. The molecular formula is C19H30N2O4S. The zero-order valence-corrected chi connectivity index (χ0v) is 17.1. The third-order valence-corrected chi connectivity index (χ3v) is 5.48. The zero-order valence-electron chi connectivity index (χ0n) is 16.3. The van der Waals surface area contributed by atoms with Crippen LogP contribution in [0.15, 0.2) is 18.2 Å². The van der Waals surface area contributed by atoms with Crippen LogP contribution in [0.25, 0.3) is 0 Å². The van der Waals surface area contributed by atoms with Crippen LogP contribution in [0, 0.1) is 6.92 Å². The van der Waals surface area contributed by atoms with Crippen LogP contribution in [0.2, 0.25) is 0 Å². The number of carbonyl (C=O) groups is 1. The summed E-state index contributed by atoms with van der Waals surface area (Å²) in [5.74, 6) is 1.08. The van der Waals surface area contributed by atoms with Gasteiger partial charge in [-0.15, -0.1) is 0 Å². The minimum atomic E-state index is -3.21. The second kappa shape index (κ2) is 8.39. The Balaban J connectivity index is 1.95. The number of piperidine rings is 1. The van der Waals surface area contributed by atoms with Gasteiger partial charge in [-0.1, -0.05) is 26.0 Å². The average Bonchev–Trinajstić information content (AvgIpc) is 2.55. The van der Waals surface area contributed by atoms with Gasteiger partial charge in [0, 0.05) is 19.1 Å². The molecule has 0 radical (unpaired) electrons. The fourth-order valence-corrected chi connectivity index (χ4v) is 3.96. The number of nitrogens with zero attached hydrogens (tertiary/aromatic N) is 1. The van der Waals surface area contributed by atoms with Crippen molar-refractivity contribution in [2.75, 3.05) is 19.3 Å². The van der Waals surface area contributed by atoms with E-state index in [2.05, 4.69) is 24.6 Å². The Kier molecular flexibility index (Phi) is 6.69. The van der Waals surface area contributed by atoms with Crippen molar-refractivity contribution in [2.45, 2.75) is 58.6 Å². The summed E-state index contributed by atoms with van der Waals surface area (Å²) in [6.07, 6.45) is 1.82. The minimum Gasteiger partial charge on any atom is -0.481 e. The van der Waals surface area contributed by atoms with E-state index in [1.165, 1.54) is 5.56 Å². The number of hydrogen-bond donors (Lipinski definition) is 1. The molecule has 0 bridgehead atoms. The van der Waals surface area contributed by atoms with Crippen molar-refractivity contribution < 1.29 is 17.9 Å². The first-order valence-corrected chi connectivity index (χ1v) is 11.0. The van der Waals surface area contributed by atoms with Crippen molar-refractivity contribution in [3.05, 3.63) is 29.3 Å². The van der Waals surface area contributed by atoms with E-state index in [9.17, 15) is 13.2 Å². The molecule has 0 aromatic heterocycles. The van der Waals surface area contributed by atoms with Crippen molar-refractivity contribution in [1.82, 2.24) is 9.62 Å². The van der Waals surface area contributed by atoms with Gasteiger partial charge >= 0.3 is 0 Å². The molecule has 0 saturated carbocycles. The zero-order chi connectivity index (χ0) is 19.5. The highest BCUT2D eigenvalue weighted by Gasteiger charge is 2.28. The summed E-state index contributed by atoms with van der Waals surface area (Å²) in [6, 6.07) is 6.00. The summed E-state index contributed by atoms with van der Waals surface area (Å²) >= 11 is 0. The highest BCUT2D eigenvalue weighted by molar-refractivity contribution is 7.88. The molecule has 1 fully saturated rings. The van der Waals surface area contributed by atoms with E-state index in [0.29, 0.717) is 31.8 Å². The van der Waals surface area contributed by atoms with Crippen LogP contribution in [-0.2, 0) is 14.8 Å². The number of ether oxygens (including phenoxy) is 1. The van der Waals surface area contributed by atoms with Gasteiger partial charge in [0.05, 0.1) is 6.26 Å². The van der Waals surface area contributed by atoms with Crippen molar-refractivity contribution in [3.8, 4) is 5.75 Å². The van der Waals surface area contributed by atoms with Crippen molar-refractivity contribution >= 4 is 15.9 Å². The Morgan fingerprint density at radius 3 is 2.38 bits per heavy atom. The van der Waals surface area contributed by atoms with Gasteiger partial charge in [-0.2, -0.15) is 0 Å². The number of likely N-dealkylation sites (tertiary alicyclic amines) is 1. The largest absolute Gasteiger partial charge is 0.481 e. The Bertz CT molecular complexity index is 738. The molecular weight excluding hydrogens is 352 g/mol. The topological polar surface area (TPSA) is 75.7 Å². The SMILES string of the molecule is Cc1ccc(C(C)C)cc1OC(C)C(=O)N1CCC(NS(C)(=O)=O)CC1. The summed E-state index contributed by atoms with van der Waals surface area (Å²) in [5.41, 5.74) is 2.18. The van der Waals surface area contributed by atoms with Crippen LogP contribution in [0.1, 0.15) is 50.7 Å². The molecule has 7 heteroatoms. The number of sulfonamides is 1. The maximum absolute atomic E-state index is 12.7. The highest BCUT2D eigenvalue weighted by Crippen LogP contribution is 2.25. The molecule has 1 aliphatic heterocycles. The van der Waals surface area contributed by atoms with Crippen LogP contribution < -0.4 is 9.46 Å². The van der Waals surface area contributed by atoms with E-state index in [-0.39, 0.29) is 11.9 Å². The molecule has 1 heterocycles. The number of hydrogen-bond acceptors (Lipinski definition) is 4. The van der Waals surface area contributed by atoms with E-state index < -0.39 is 16.1 Å². The number of nitrogens with one attached hydrogen (secondary N) is 1. The smallest absolute Gasteiger partial charge is 0.263 e. The summed E-state index contributed by atoms with van der Waals surface area (Å²) in [7, 11) is -3.21. The first kappa shape index (κ1) is 20.7. The van der Waals surface area contributed by atoms with E-state index in [1.807, 2.05) is 19.1 Å². The molecule has 0 spiro atoms. The third-order valence-electron chi connectivity index (χ3n) is 4.72. The average molecular weight is 383 g/mol. The fraction of sp³-hybridized carbons (Fsp3) is 0.632. The molecule has 1 N–H and O–H groups in total. The number of benzene rings is 1. The van der Waals surface area contributed by atoms with Crippen LogP contribution in [0.5, 0.6) is 5.75 Å². The molecule has 1 unspecified atom stereocenters. The molecule has 1 aromatic rings. The second-order valence-electron chi connectivity index (χ2n) is 7.43. The highest BCUT2D eigenvalue weighted by atomic mass is 32.2. The Labute approximate surface area is 157 Å². The molecule has 6 nitrogen and oxygen atoms in total. The van der Waals surface area contributed by atoms with Gasteiger partial charge in [0.1, 0.15) is 5.75 Å². The van der Waals surface area contributed by atoms with Crippen LogP contribution in [0.3, 0.4) is 0 Å². The number of amides is 1. The van der Waals surface area contributed by atoms with E-state index in [4.69, 9.17) is 4.74 Å². The van der Waals surface area contributed by atoms with Gasteiger partial charge in [0.25, 0.3) is 5.91 Å². The minimum absolute atomic E-state index is 0.0582. The second-order valence-corrected chi connectivity index (χ2v) is 9.21. The predicted molar refractivity (Wildman–Crippen MR) is 103 cm³/mol. The molecule has 26 heavy (non-hydrogen) atoms. The van der Waals surface area contributed by atoms with Gasteiger partial charge < -0.3 is 9.64 Å². The molecule has 1 aromatic carbocycles. The van der Waals surface area contributed by atoms with Crippen LogP contribution in [0.4, 0.5) is 0 Å². The van der Waals surface area contributed by atoms with Crippen LogP contribution >= 0.6 is 0 Å². The summed E-state index contributed by atoms with van der Waals surface area (Å²) < 4.78 is 31.2. The van der Waals surface area contributed by atoms with Crippen LogP contribution in [-0.4, -0.2) is 50.7 Å². The lowest BCUT2D eigenvalue weighted by atomic mass is 10.0. The maximum Gasteiger partial charge on any atom is 0.263 e.